The van der Waals surface area contributed by atoms with Gasteiger partial charge in [-0.3, -0.25) is 0 Å². The number of nitriles is 2. The van der Waals surface area contributed by atoms with Crippen LogP contribution < -0.4 is 0 Å². The van der Waals surface area contributed by atoms with Gasteiger partial charge in [0.1, 0.15) is 0 Å². The number of benzene rings is 1. The minimum absolute atomic E-state index is 0.331. The third-order valence-electron chi connectivity index (χ3n) is 2.22. The Bertz CT molecular complexity index is 609. The fourth-order valence-electron chi connectivity index (χ4n) is 1.13. The van der Waals surface area contributed by atoms with Gasteiger partial charge in [-0.15, -0.1) is 0 Å². The van der Waals surface area contributed by atoms with E-state index in [0.717, 1.165) is 12.8 Å². The maximum Gasteiger partial charge on any atom is 0.335 e. The van der Waals surface area contributed by atoms with Crippen molar-refractivity contribution in [1.82, 2.24) is 0 Å². The molecule has 0 aliphatic heterocycles. The Morgan fingerprint density at radius 2 is 1.24 bits per heavy atom. The first-order valence-electron chi connectivity index (χ1n) is 7.01. The van der Waals surface area contributed by atoms with Crippen LogP contribution in [0.1, 0.15) is 36.0 Å². The van der Waals surface area contributed by atoms with Gasteiger partial charge in [0.05, 0.1) is 17.7 Å². The van der Waals surface area contributed by atoms with Crippen molar-refractivity contribution in [3.63, 3.8) is 0 Å². The molecule has 0 aromatic heterocycles. The normalized spacial score (nSPS) is 8.56. The van der Waals surface area contributed by atoms with Crippen molar-refractivity contribution in [2.24, 2.45) is 0 Å². The molecule has 0 atom stereocenters. The van der Waals surface area contributed by atoms with Crippen LogP contribution in [-0.4, -0.2) is 33.2 Å². The van der Waals surface area contributed by atoms with Crippen molar-refractivity contribution in [3.05, 3.63) is 48.0 Å². The summed E-state index contributed by atoms with van der Waals surface area (Å²) in [5.41, 5.74) is 0.331. The molecule has 0 aliphatic rings. The minimum atomic E-state index is -1.26. The number of carboxylic acid groups (broad SMARTS) is 3. The Hall–Kier alpha value is -3.65. The molecule has 0 saturated carbocycles. The van der Waals surface area contributed by atoms with Gasteiger partial charge in [0, 0.05) is 25.0 Å². The largest absolute Gasteiger partial charge is 0.478 e. The summed E-state index contributed by atoms with van der Waals surface area (Å²) in [6.45, 7) is 0. The fourth-order valence-corrected chi connectivity index (χ4v) is 1.13. The standard InChI is InChI=1S/C7H6O2.C6H8N2.C4H4O4/c8-7(9)6-4-2-1-3-5-6;7-5-3-1-2-4-6-8;5-3(6)1-2-4(7)8/h1-5H,(H,8,9);1-4H2;1-2H,(H,5,6)(H,7,8). The zero-order valence-corrected chi connectivity index (χ0v) is 13.3. The van der Waals surface area contributed by atoms with Gasteiger partial charge < -0.3 is 15.3 Å². The highest BCUT2D eigenvalue weighted by atomic mass is 16.4. The molecule has 0 saturated heterocycles. The third-order valence-corrected chi connectivity index (χ3v) is 2.22. The number of rotatable bonds is 6. The van der Waals surface area contributed by atoms with Gasteiger partial charge in [-0.1, -0.05) is 18.2 Å². The van der Waals surface area contributed by atoms with Gasteiger partial charge in [0.2, 0.25) is 0 Å². The van der Waals surface area contributed by atoms with Crippen molar-refractivity contribution in [1.29, 1.82) is 10.5 Å². The lowest BCUT2D eigenvalue weighted by Crippen LogP contribution is -1.93. The first-order valence-corrected chi connectivity index (χ1v) is 7.01. The van der Waals surface area contributed by atoms with E-state index in [0.29, 0.717) is 30.6 Å². The molecule has 132 valence electrons. The van der Waals surface area contributed by atoms with Crippen molar-refractivity contribution in [2.75, 3.05) is 0 Å². The second-order valence-corrected chi connectivity index (χ2v) is 4.20. The average molecular weight is 346 g/mol. The lowest BCUT2D eigenvalue weighted by atomic mass is 10.2. The molecule has 0 radical (unpaired) electrons. The highest BCUT2D eigenvalue weighted by Crippen LogP contribution is 1.96. The van der Waals surface area contributed by atoms with Crippen LogP contribution in [0, 0.1) is 22.7 Å². The highest BCUT2D eigenvalue weighted by Gasteiger charge is 1.96. The van der Waals surface area contributed by atoms with E-state index in [-0.39, 0.29) is 0 Å². The van der Waals surface area contributed by atoms with Crippen LogP contribution in [0.4, 0.5) is 0 Å². The number of nitrogens with zero attached hydrogens (tertiary/aromatic N) is 2. The Kier molecular flexibility index (Phi) is 15.8. The maximum absolute atomic E-state index is 10.2. The zero-order valence-electron chi connectivity index (χ0n) is 13.3. The summed E-state index contributed by atoms with van der Waals surface area (Å²) in [6, 6.07) is 12.3. The van der Waals surface area contributed by atoms with E-state index >= 15 is 0 Å². The number of unbranched alkanes of at least 4 members (excludes halogenated alkanes) is 3. The third kappa shape index (κ3) is 20.4. The summed E-state index contributed by atoms with van der Waals surface area (Å²) in [5.74, 6) is -3.39. The van der Waals surface area contributed by atoms with E-state index < -0.39 is 17.9 Å². The molecule has 0 bridgehead atoms. The lowest BCUT2D eigenvalue weighted by molar-refractivity contribution is -0.134. The van der Waals surface area contributed by atoms with Crippen LogP contribution in [0.25, 0.3) is 0 Å². The van der Waals surface area contributed by atoms with Crippen LogP contribution in [0.3, 0.4) is 0 Å². The molecule has 1 aromatic carbocycles. The number of aliphatic carboxylic acids is 2. The fraction of sp³-hybridized carbons (Fsp3) is 0.235. The Labute approximate surface area is 144 Å². The van der Waals surface area contributed by atoms with Crippen LogP contribution >= 0.6 is 0 Å². The monoisotopic (exact) mass is 346 g/mol. The summed E-state index contributed by atoms with van der Waals surface area (Å²) >= 11 is 0. The molecule has 0 amide bonds. The van der Waals surface area contributed by atoms with Gasteiger partial charge in [-0.2, -0.15) is 10.5 Å². The molecule has 3 N–H and O–H groups in total. The van der Waals surface area contributed by atoms with Gasteiger partial charge in [0.15, 0.2) is 0 Å². The number of aromatic carboxylic acids is 1. The van der Waals surface area contributed by atoms with Crippen LogP contribution in [0.2, 0.25) is 0 Å². The predicted octanol–water partition coefficient (Wildman–Crippen LogP) is 2.69. The van der Waals surface area contributed by atoms with Gasteiger partial charge in [0.25, 0.3) is 0 Å². The molecule has 25 heavy (non-hydrogen) atoms. The second-order valence-electron chi connectivity index (χ2n) is 4.20. The van der Waals surface area contributed by atoms with Crippen LogP contribution in [-0.2, 0) is 9.59 Å². The summed E-state index contributed by atoms with van der Waals surface area (Å²) in [5, 5.41) is 40.1. The van der Waals surface area contributed by atoms with Crippen molar-refractivity contribution in [3.8, 4) is 12.1 Å². The van der Waals surface area contributed by atoms with E-state index in [1.54, 1.807) is 30.3 Å². The van der Waals surface area contributed by atoms with Gasteiger partial charge in [-0.25, -0.2) is 14.4 Å². The molecule has 0 spiro atoms. The summed E-state index contributed by atoms with van der Waals surface area (Å²) in [6.07, 6.45) is 4.02. The van der Waals surface area contributed by atoms with Crippen LogP contribution in [0.5, 0.6) is 0 Å². The number of hydrogen-bond donors (Lipinski definition) is 3. The zero-order chi connectivity index (χ0) is 19.5. The highest BCUT2D eigenvalue weighted by molar-refractivity contribution is 5.89. The average Bonchev–Trinajstić information content (AvgIpc) is 2.59. The summed E-state index contributed by atoms with van der Waals surface area (Å²) in [4.78, 5) is 29.3. The predicted molar refractivity (Wildman–Crippen MR) is 87.5 cm³/mol. The lowest BCUT2D eigenvalue weighted by Gasteiger charge is -1.88. The Morgan fingerprint density at radius 3 is 1.48 bits per heavy atom. The first-order chi connectivity index (χ1) is 11.8. The minimum Gasteiger partial charge on any atom is -0.478 e. The number of carboxylic acids is 3. The molecule has 1 aromatic rings. The van der Waals surface area contributed by atoms with E-state index in [2.05, 4.69) is 0 Å². The van der Waals surface area contributed by atoms with Crippen LogP contribution in [0.15, 0.2) is 42.5 Å². The summed E-state index contributed by atoms with van der Waals surface area (Å²) < 4.78 is 0. The van der Waals surface area contributed by atoms with Crippen molar-refractivity contribution >= 4 is 17.9 Å². The SMILES string of the molecule is N#CCCCCC#N.O=C(O)C=CC(=O)O.O=C(O)c1ccccc1. The van der Waals surface area contributed by atoms with Gasteiger partial charge in [-0.05, 0) is 25.0 Å². The molecule has 0 fully saturated rings. The van der Waals surface area contributed by atoms with Crippen molar-refractivity contribution in [2.45, 2.75) is 25.7 Å². The quantitative estimate of drug-likeness (QED) is 0.523. The molecule has 8 heteroatoms. The Morgan fingerprint density at radius 1 is 0.840 bits per heavy atom. The van der Waals surface area contributed by atoms with E-state index in [1.165, 1.54) is 0 Å². The second kappa shape index (κ2) is 16.7. The molecule has 1 rings (SSSR count). The maximum atomic E-state index is 10.2. The molecule has 0 aliphatic carbocycles. The molecule has 0 unspecified atom stereocenters. The molecular weight excluding hydrogens is 328 g/mol. The molecule has 8 nitrogen and oxygen atoms in total. The van der Waals surface area contributed by atoms with Crippen molar-refractivity contribution < 1.29 is 29.7 Å². The molecular formula is C17H18N2O6. The topological polar surface area (TPSA) is 159 Å². The number of hydrogen-bond acceptors (Lipinski definition) is 5. The molecule has 0 heterocycles. The van der Waals surface area contributed by atoms with E-state index in [1.807, 2.05) is 12.1 Å². The first kappa shape index (κ1) is 23.6. The summed E-state index contributed by atoms with van der Waals surface area (Å²) in [7, 11) is 0. The smallest absolute Gasteiger partial charge is 0.335 e. The van der Waals surface area contributed by atoms with Gasteiger partial charge >= 0.3 is 17.9 Å². The Balaban J connectivity index is 0. The van der Waals surface area contributed by atoms with E-state index in [4.69, 9.17) is 25.8 Å². The van der Waals surface area contributed by atoms with E-state index in [9.17, 15) is 14.4 Å². The number of carbonyl (C=O) groups is 3.